The Labute approximate surface area is 182 Å². The first kappa shape index (κ1) is 23.7. The van der Waals surface area contributed by atoms with Gasteiger partial charge >= 0.3 is 0 Å². The molecule has 1 aromatic heterocycles. The second kappa shape index (κ2) is 9.93. The van der Waals surface area contributed by atoms with Crippen LogP contribution in [0.2, 0.25) is 10.0 Å². The molecule has 0 saturated heterocycles. The molecule has 10 heteroatoms. The first-order chi connectivity index (χ1) is 13.6. The van der Waals surface area contributed by atoms with Gasteiger partial charge in [-0.1, -0.05) is 23.2 Å². The molecule has 2 aromatic rings. The fourth-order valence-electron chi connectivity index (χ4n) is 2.91. The molecule has 0 fully saturated rings. The molecule has 0 bridgehead atoms. The van der Waals surface area contributed by atoms with Gasteiger partial charge in [-0.15, -0.1) is 0 Å². The summed E-state index contributed by atoms with van der Waals surface area (Å²) in [6.07, 6.45) is 0.740. The molecule has 2 rings (SSSR count). The number of nitrogens with zero attached hydrogens (tertiary/aromatic N) is 3. The van der Waals surface area contributed by atoms with E-state index in [2.05, 4.69) is 10.4 Å². The molecule has 0 atom stereocenters. The van der Waals surface area contributed by atoms with Gasteiger partial charge in [-0.2, -0.15) is 5.10 Å². The standard InChI is InChI=1S/C19H26Cl2N4O3S/c1-5-29(27,28)24(4)10-6-9-22-19(26)12-16-13(2)23-25(14(16)3)15-7-8-17(20)18(21)11-15/h7-8,11H,5-6,9-10,12H2,1-4H3,(H,22,26). The van der Waals surface area contributed by atoms with E-state index in [1.807, 2.05) is 19.9 Å². The van der Waals surface area contributed by atoms with Crippen LogP contribution in [0.1, 0.15) is 30.3 Å². The Bertz CT molecular complexity index is 990. The van der Waals surface area contributed by atoms with Gasteiger partial charge in [0, 0.05) is 31.4 Å². The number of rotatable bonds is 9. The van der Waals surface area contributed by atoms with E-state index in [-0.39, 0.29) is 18.1 Å². The van der Waals surface area contributed by atoms with Crippen molar-refractivity contribution in [2.24, 2.45) is 0 Å². The van der Waals surface area contributed by atoms with Crippen LogP contribution in [0.4, 0.5) is 0 Å². The fourth-order valence-corrected chi connectivity index (χ4v) is 4.05. The van der Waals surface area contributed by atoms with Crippen molar-refractivity contribution in [2.45, 2.75) is 33.6 Å². The van der Waals surface area contributed by atoms with Crippen molar-refractivity contribution in [3.05, 3.63) is 45.2 Å². The number of aryl methyl sites for hydroxylation is 1. The molecule has 0 aliphatic carbocycles. The fraction of sp³-hybridized carbons (Fsp3) is 0.474. The molecule has 0 aliphatic rings. The third-order valence-electron chi connectivity index (χ3n) is 4.74. The normalized spacial score (nSPS) is 11.8. The zero-order valence-electron chi connectivity index (χ0n) is 17.0. The van der Waals surface area contributed by atoms with Gasteiger partial charge in [-0.05, 0) is 45.4 Å². The van der Waals surface area contributed by atoms with Gasteiger partial charge in [0.05, 0.1) is 33.6 Å². The Morgan fingerprint density at radius 3 is 2.55 bits per heavy atom. The first-order valence-corrected chi connectivity index (χ1v) is 11.6. The Hall–Kier alpha value is -1.61. The van der Waals surface area contributed by atoms with Crippen LogP contribution in [-0.4, -0.2) is 54.3 Å². The third-order valence-corrected chi connectivity index (χ3v) is 7.34. The molecular formula is C19H26Cl2N4O3S. The minimum Gasteiger partial charge on any atom is -0.356 e. The van der Waals surface area contributed by atoms with Crippen LogP contribution in [-0.2, 0) is 21.2 Å². The van der Waals surface area contributed by atoms with E-state index in [4.69, 9.17) is 23.2 Å². The molecule has 0 radical (unpaired) electrons. The molecule has 1 amide bonds. The minimum atomic E-state index is -3.20. The van der Waals surface area contributed by atoms with E-state index < -0.39 is 10.0 Å². The van der Waals surface area contributed by atoms with Crippen LogP contribution in [0.15, 0.2) is 18.2 Å². The molecule has 1 heterocycles. The Balaban J connectivity index is 1.97. The maximum atomic E-state index is 12.3. The largest absolute Gasteiger partial charge is 0.356 e. The number of benzene rings is 1. The van der Waals surface area contributed by atoms with E-state index in [1.165, 1.54) is 4.31 Å². The number of aromatic nitrogens is 2. The summed E-state index contributed by atoms with van der Waals surface area (Å²) >= 11 is 12.1. The molecule has 1 aromatic carbocycles. The predicted molar refractivity (Wildman–Crippen MR) is 116 cm³/mol. The van der Waals surface area contributed by atoms with Crippen molar-refractivity contribution >= 4 is 39.1 Å². The van der Waals surface area contributed by atoms with Crippen molar-refractivity contribution < 1.29 is 13.2 Å². The maximum Gasteiger partial charge on any atom is 0.224 e. The smallest absolute Gasteiger partial charge is 0.224 e. The molecule has 0 saturated carbocycles. The lowest BCUT2D eigenvalue weighted by molar-refractivity contribution is -0.120. The summed E-state index contributed by atoms with van der Waals surface area (Å²) < 4.78 is 26.5. The minimum absolute atomic E-state index is 0.0667. The lowest BCUT2D eigenvalue weighted by Crippen LogP contribution is -2.33. The zero-order chi connectivity index (χ0) is 21.8. The van der Waals surface area contributed by atoms with Crippen LogP contribution in [0, 0.1) is 13.8 Å². The number of hydrogen-bond acceptors (Lipinski definition) is 4. The summed E-state index contributed by atoms with van der Waals surface area (Å²) in [6, 6.07) is 5.25. The Morgan fingerprint density at radius 1 is 1.24 bits per heavy atom. The second-order valence-electron chi connectivity index (χ2n) is 6.76. The van der Waals surface area contributed by atoms with Gasteiger partial charge in [-0.3, -0.25) is 4.79 Å². The summed E-state index contributed by atoms with van der Waals surface area (Å²) in [5, 5.41) is 8.26. The van der Waals surface area contributed by atoms with Gasteiger partial charge in [0.2, 0.25) is 15.9 Å². The molecule has 7 nitrogen and oxygen atoms in total. The lowest BCUT2D eigenvalue weighted by atomic mass is 10.1. The maximum absolute atomic E-state index is 12.3. The molecule has 1 N–H and O–H groups in total. The number of hydrogen-bond donors (Lipinski definition) is 1. The third kappa shape index (κ3) is 5.94. The molecule has 0 spiro atoms. The van der Waals surface area contributed by atoms with Crippen LogP contribution < -0.4 is 5.32 Å². The van der Waals surface area contributed by atoms with Crippen LogP contribution in [0.25, 0.3) is 5.69 Å². The van der Waals surface area contributed by atoms with Crippen molar-refractivity contribution in [1.29, 1.82) is 0 Å². The highest BCUT2D eigenvalue weighted by Crippen LogP contribution is 2.26. The van der Waals surface area contributed by atoms with Crippen LogP contribution in [0.5, 0.6) is 0 Å². The predicted octanol–water partition coefficient (Wildman–Crippen LogP) is 3.13. The van der Waals surface area contributed by atoms with Crippen molar-refractivity contribution in [3.63, 3.8) is 0 Å². The number of carbonyl (C=O) groups is 1. The van der Waals surface area contributed by atoms with E-state index in [9.17, 15) is 13.2 Å². The average molecular weight is 461 g/mol. The summed E-state index contributed by atoms with van der Waals surface area (Å²) in [4.78, 5) is 12.3. The SMILES string of the molecule is CCS(=O)(=O)N(C)CCCNC(=O)Cc1c(C)nn(-c2ccc(Cl)c(Cl)c2)c1C. The Morgan fingerprint density at radius 2 is 1.93 bits per heavy atom. The first-order valence-electron chi connectivity index (χ1n) is 9.28. The van der Waals surface area contributed by atoms with Gasteiger partial charge in [-0.25, -0.2) is 17.4 Å². The zero-order valence-corrected chi connectivity index (χ0v) is 19.3. The average Bonchev–Trinajstić information content (AvgIpc) is 2.95. The van der Waals surface area contributed by atoms with Crippen molar-refractivity contribution in [3.8, 4) is 5.69 Å². The highest BCUT2D eigenvalue weighted by molar-refractivity contribution is 7.89. The molecular weight excluding hydrogens is 435 g/mol. The summed E-state index contributed by atoms with van der Waals surface area (Å²) in [6.45, 7) is 6.13. The van der Waals surface area contributed by atoms with E-state index in [1.54, 1.807) is 30.8 Å². The second-order valence-corrected chi connectivity index (χ2v) is 9.94. The monoisotopic (exact) mass is 460 g/mol. The molecule has 29 heavy (non-hydrogen) atoms. The summed E-state index contributed by atoms with van der Waals surface area (Å²) in [5.74, 6) is -0.0667. The van der Waals surface area contributed by atoms with E-state index in [0.717, 1.165) is 22.6 Å². The quantitative estimate of drug-likeness (QED) is 0.582. The van der Waals surface area contributed by atoms with E-state index >= 15 is 0 Å². The number of halogens is 2. The molecule has 0 unspecified atom stereocenters. The van der Waals surface area contributed by atoms with Crippen molar-refractivity contribution in [1.82, 2.24) is 19.4 Å². The highest BCUT2D eigenvalue weighted by atomic mass is 35.5. The summed E-state index contributed by atoms with van der Waals surface area (Å²) in [7, 11) is -1.65. The number of nitrogens with one attached hydrogen (secondary N) is 1. The van der Waals surface area contributed by atoms with Crippen LogP contribution in [0.3, 0.4) is 0 Å². The number of carbonyl (C=O) groups excluding carboxylic acids is 1. The number of sulfonamides is 1. The summed E-state index contributed by atoms with van der Waals surface area (Å²) in [5.41, 5.74) is 3.23. The van der Waals surface area contributed by atoms with Crippen molar-refractivity contribution in [2.75, 3.05) is 25.9 Å². The lowest BCUT2D eigenvalue weighted by Gasteiger charge is -2.15. The Kier molecular flexibility index (Phi) is 8.10. The van der Waals surface area contributed by atoms with Crippen LogP contribution >= 0.6 is 23.2 Å². The molecule has 160 valence electrons. The van der Waals surface area contributed by atoms with Gasteiger partial charge in [0.15, 0.2) is 0 Å². The molecule has 0 aliphatic heterocycles. The van der Waals surface area contributed by atoms with Gasteiger partial charge in [0.1, 0.15) is 0 Å². The van der Waals surface area contributed by atoms with Gasteiger partial charge in [0.25, 0.3) is 0 Å². The number of amides is 1. The van der Waals surface area contributed by atoms with E-state index in [0.29, 0.717) is 29.6 Å². The van der Waals surface area contributed by atoms with Gasteiger partial charge < -0.3 is 5.32 Å². The topological polar surface area (TPSA) is 84.3 Å². The highest BCUT2D eigenvalue weighted by Gasteiger charge is 2.17.